The maximum Gasteiger partial charge on any atom is 0.222 e. The van der Waals surface area contributed by atoms with Crippen LogP contribution in [0, 0.1) is 5.41 Å². The largest absolute Gasteiger partial charge is 0.368 e. The Balaban J connectivity index is 1.51. The lowest BCUT2D eigenvalue weighted by molar-refractivity contribution is 0.172. The number of nitrogen functional groups attached to an aromatic ring is 1. The smallest absolute Gasteiger partial charge is 0.222 e. The third kappa shape index (κ3) is 3.26. The van der Waals surface area contributed by atoms with Crippen LogP contribution < -0.4 is 16.0 Å². The Labute approximate surface area is 167 Å². The molecule has 148 valence electrons. The van der Waals surface area contributed by atoms with E-state index < -0.39 is 0 Å². The molecule has 2 fully saturated rings. The standard InChI is InChI=1S/C23H31N5/c24-22-26-20-18(17-7-2-1-3-8-17)9-4-10-19(20)21(27-22)28-14-6-12-23(16-28)11-5-13-25-15-23/h1-3,7-8,18,25H,4-6,9-16H2,(H2,24,26,27). The van der Waals surface area contributed by atoms with Gasteiger partial charge in [-0.05, 0) is 57.1 Å². The van der Waals surface area contributed by atoms with Crippen molar-refractivity contribution in [1.29, 1.82) is 0 Å². The van der Waals surface area contributed by atoms with Crippen molar-refractivity contribution in [3.8, 4) is 0 Å². The number of fused-ring (bicyclic) bond motifs is 1. The van der Waals surface area contributed by atoms with E-state index in [4.69, 9.17) is 15.7 Å². The minimum Gasteiger partial charge on any atom is -0.368 e. The molecule has 2 aromatic rings. The summed E-state index contributed by atoms with van der Waals surface area (Å²) in [4.78, 5) is 12.1. The van der Waals surface area contributed by atoms with Crippen LogP contribution in [0.1, 0.15) is 61.3 Å². The van der Waals surface area contributed by atoms with Crippen LogP contribution in [0.5, 0.6) is 0 Å². The van der Waals surface area contributed by atoms with E-state index in [0.717, 1.165) is 44.8 Å². The van der Waals surface area contributed by atoms with Gasteiger partial charge >= 0.3 is 0 Å². The normalized spacial score (nSPS) is 27.6. The van der Waals surface area contributed by atoms with Crippen LogP contribution in [0.15, 0.2) is 30.3 Å². The predicted molar refractivity (Wildman–Crippen MR) is 114 cm³/mol. The molecular weight excluding hydrogens is 346 g/mol. The van der Waals surface area contributed by atoms with Gasteiger partial charge in [0.1, 0.15) is 5.82 Å². The zero-order valence-electron chi connectivity index (χ0n) is 16.7. The van der Waals surface area contributed by atoms with Crippen LogP contribution in [-0.4, -0.2) is 36.1 Å². The second kappa shape index (κ2) is 7.36. The summed E-state index contributed by atoms with van der Waals surface area (Å²) in [7, 11) is 0. The molecule has 2 atom stereocenters. The van der Waals surface area contributed by atoms with Gasteiger partial charge < -0.3 is 16.0 Å². The summed E-state index contributed by atoms with van der Waals surface area (Å²) in [5.74, 6) is 1.88. The molecule has 0 radical (unpaired) electrons. The lowest BCUT2D eigenvalue weighted by Gasteiger charge is -2.46. The number of piperidine rings is 2. The number of hydrogen-bond donors (Lipinski definition) is 2. The van der Waals surface area contributed by atoms with Gasteiger partial charge in [0.25, 0.3) is 0 Å². The van der Waals surface area contributed by atoms with Crippen LogP contribution in [-0.2, 0) is 6.42 Å². The highest BCUT2D eigenvalue weighted by Gasteiger charge is 2.38. The van der Waals surface area contributed by atoms with E-state index in [1.807, 2.05) is 0 Å². The molecule has 3 heterocycles. The van der Waals surface area contributed by atoms with Crippen molar-refractivity contribution in [3.05, 3.63) is 47.2 Å². The maximum atomic E-state index is 6.24. The minimum absolute atomic E-state index is 0.337. The van der Waals surface area contributed by atoms with Crippen LogP contribution in [0.2, 0.25) is 0 Å². The molecule has 0 amide bonds. The molecule has 28 heavy (non-hydrogen) atoms. The van der Waals surface area contributed by atoms with E-state index in [1.54, 1.807) is 0 Å². The number of nitrogens with one attached hydrogen (secondary N) is 1. The molecule has 1 aliphatic carbocycles. The second-order valence-corrected chi connectivity index (χ2v) is 8.93. The molecule has 3 aliphatic rings. The molecule has 2 unspecified atom stereocenters. The average molecular weight is 378 g/mol. The number of hydrogen-bond acceptors (Lipinski definition) is 5. The molecule has 1 spiro atoms. The first kappa shape index (κ1) is 17.9. The summed E-state index contributed by atoms with van der Waals surface area (Å²) >= 11 is 0. The Morgan fingerprint density at radius 3 is 2.75 bits per heavy atom. The molecule has 0 saturated carbocycles. The van der Waals surface area contributed by atoms with Gasteiger partial charge in [-0.15, -0.1) is 0 Å². The summed E-state index contributed by atoms with van der Waals surface area (Å²) < 4.78 is 0. The second-order valence-electron chi connectivity index (χ2n) is 8.93. The summed E-state index contributed by atoms with van der Waals surface area (Å²) in [5, 5.41) is 3.64. The molecule has 2 aliphatic heterocycles. The highest BCUT2D eigenvalue weighted by Crippen LogP contribution is 2.42. The quantitative estimate of drug-likeness (QED) is 0.838. The minimum atomic E-state index is 0.337. The van der Waals surface area contributed by atoms with E-state index in [9.17, 15) is 0 Å². The van der Waals surface area contributed by atoms with Crippen molar-refractivity contribution in [3.63, 3.8) is 0 Å². The first-order chi connectivity index (χ1) is 13.7. The predicted octanol–water partition coefficient (Wildman–Crippen LogP) is 3.50. The van der Waals surface area contributed by atoms with Crippen molar-refractivity contribution in [2.24, 2.45) is 5.41 Å². The molecule has 0 bridgehead atoms. The van der Waals surface area contributed by atoms with Gasteiger partial charge in [0.05, 0.1) is 5.69 Å². The Hall–Kier alpha value is -2.14. The Kier molecular flexibility index (Phi) is 4.71. The zero-order chi connectivity index (χ0) is 19.0. The van der Waals surface area contributed by atoms with Crippen LogP contribution >= 0.6 is 0 Å². The van der Waals surface area contributed by atoms with Crippen molar-refractivity contribution in [2.45, 2.75) is 50.9 Å². The maximum absolute atomic E-state index is 6.24. The van der Waals surface area contributed by atoms with E-state index in [-0.39, 0.29) is 0 Å². The Morgan fingerprint density at radius 1 is 1.07 bits per heavy atom. The number of rotatable bonds is 2. The lowest BCUT2D eigenvalue weighted by Crippen LogP contribution is -2.51. The van der Waals surface area contributed by atoms with Gasteiger partial charge in [-0.2, -0.15) is 4.98 Å². The SMILES string of the molecule is Nc1nc2c(c(N3CCCC4(CCCNC4)C3)n1)CCCC2c1ccccc1. The van der Waals surface area contributed by atoms with Crippen LogP contribution in [0.3, 0.4) is 0 Å². The first-order valence-electron chi connectivity index (χ1n) is 10.9. The average Bonchev–Trinajstić information content (AvgIpc) is 2.74. The van der Waals surface area contributed by atoms with Gasteiger partial charge in [0, 0.05) is 36.5 Å². The van der Waals surface area contributed by atoms with Crippen molar-refractivity contribution < 1.29 is 0 Å². The number of aromatic nitrogens is 2. The molecular formula is C23H31N5. The summed E-state index contributed by atoms with van der Waals surface area (Å²) in [6.07, 6.45) is 8.57. The highest BCUT2D eigenvalue weighted by molar-refractivity contribution is 5.55. The third-order valence-corrected chi connectivity index (χ3v) is 7.01. The highest BCUT2D eigenvalue weighted by atomic mass is 15.2. The van der Waals surface area contributed by atoms with E-state index >= 15 is 0 Å². The van der Waals surface area contributed by atoms with Crippen LogP contribution in [0.4, 0.5) is 11.8 Å². The number of benzene rings is 1. The van der Waals surface area contributed by atoms with E-state index in [0.29, 0.717) is 17.3 Å². The van der Waals surface area contributed by atoms with Gasteiger partial charge in [-0.1, -0.05) is 30.3 Å². The molecule has 1 aromatic carbocycles. The lowest BCUT2D eigenvalue weighted by atomic mass is 9.74. The van der Waals surface area contributed by atoms with Crippen molar-refractivity contribution >= 4 is 11.8 Å². The third-order valence-electron chi connectivity index (χ3n) is 7.01. The van der Waals surface area contributed by atoms with E-state index in [2.05, 4.69) is 40.5 Å². The molecule has 2 saturated heterocycles. The molecule has 5 rings (SSSR count). The molecule has 3 N–H and O–H groups in total. The Morgan fingerprint density at radius 2 is 1.93 bits per heavy atom. The first-order valence-corrected chi connectivity index (χ1v) is 10.9. The van der Waals surface area contributed by atoms with Gasteiger partial charge in [-0.25, -0.2) is 4.98 Å². The topological polar surface area (TPSA) is 67.1 Å². The summed E-state index contributed by atoms with van der Waals surface area (Å²) in [6, 6.07) is 10.8. The molecule has 1 aromatic heterocycles. The molecule has 5 nitrogen and oxygen atoms in total. The van der Waals surface area contributed by atoms with Gasteiger partial charge in [0.15, 0.2) is 0 Å². The number of nitrogens with zero attached hydrogens (tertiary/aromatic N) is 3. The van der Waals surface area contributed by atoms with Gasteiger partial charge in [-0.3, -0.25) is 0 Å². The summed E-state index contributed by atoms with van der Waals surface area (Å²) in [6.45, 7) is 4.48. The van der Waals surface area contributed by atoms with Crippen molar-refractivity contribution in [2.75, 3.05) is 36.8 Å². The number of nitrogens with two attached hydrogens (primary N) is 1. The van der Waals surface area contributed by atoms with Crippen LogP contribution in [0.25, 0.3) is 0 Å². The fourth-order valence-electron chi connectivity index (χ4n) is 5.69. The fourth-order valence-corrected chi connectivity index (χ4v) is 5.69. The van der Waals surface area contributed by atoms with E-state index in [1.165, 1.54) is 48.9 Å². The Bertz CT molecular complexity index is 823. The monoisotopic (exact) mass is 377 g/mol. The summed E-state index contributed by atoms with van der Waals surface area (Å²) in [5.41, 5.74) is 10.5. The van der Waals surface area contributed by atoms with Gasteiger partial charge in [0.2, 0.25) is 5.95 Å². The fraction of sp³-hybridized carbons (Fsp3) is 0.565. The molecule has 5 heteroatoms. The zero-order valence-corrected chi connectivity index (χ0v) is 16.7. The number of anilines is 2. The van der Waals surface area contributed by atoms with Crippen molar-refractivity contribution in [1.82, 2.24) is 15.3 Å².